The number of hydrogen-bond acceptors (Lipinski definition) is 9. The second-order valence-electron chi connectivity index (χ2n) is 7.71. The fourth-order valence-corrected chi connectivity index (χ4v) is 4.69. The number of esters is 2. The van der Waals surface area contributed by atoms with E-state index in [1.54, 1.807) is 22.8 Å². The van der Waals surface area contributed by atoms with Crippen molar-refractivity contribution in [2.45, 2.75) is 32.6 Å². The standard InChI is InChI=1S/C24H25NO9/c1-11(26)33-15-10-25-18-13(8-7-9-14(18)29-3)20(28)16-19(25)17(21(15)34-12(2)27)23(31-5)24(32-6)22(16)30-4/h7-9,15,21H,10H2,1-6H3. The molecule has 34 heavy (non-hydrogen) atoms. The Morgan fingerprint density at radius 3 is 2.06 bits per heavy atom. The number of rotatable bonds is 6. The first-order valence-electron chi connectivity index (χ1n) is 10.5. The topological polar surface area (TPSA) is 112 Å². The molecule has 2 aromatic carbocycles. The molecule has 1 aliphatic heterocycles. The molecule has 0 radical (unpaired) electrons. The number of benzene rings is 2. The van der Waals surface area contributed by atoms with Crippen LogP contribution in [0.15, 0.2) is 23.0 Å². The van der Waals surface area contributed by atoms with Crippen molar-refractivity contribution in [2.24, 2.45) is 0 Å². The van der Waals surface area contributed by atoms with E-state index < -0.39 is 24.1 Å². The summed E-state index contributed by atoms with van der Waals surface area (Å²) < 4.78 is 35.5. The van der Waals surface area contributed by atoms with Crippen molar-refractivity contribution in [1.82, 2.24) is 4.57 Å². The number of ether oxygens (including phenoxy) is 6. The van der Waals surface area contributed by atoms with Crippen LogP contribution in [0, 0.1) is 0 Å². The molecule has 4 rings (SSSR count). The van der Waals surface area contributed by atoms with E-state index in [2.05, 4.69) is 0 Å². The number of methoxy groups -OCH3 is 4. The third-order valence-electron chi connectivity index (χ3n) is 5.81. The Labute approximate surface area is 194 Å². The van der Waals surface area contributed by atoms with Crippen LogP contribution in [-0.4, -0.2) is 51.0 Å². The van der Waals surface area contributed by atoms with Gasteiger partial charge in [0, 0.05) is 13.8 Å². The van der Waals surface area contributed by atoms with Crippen molar-refractivity contribution >= 4 is 33.7 Å². The molecule has 2 heterocycles. The van der Waals surface area contributed by atoms with Gasteiger partial charge in [0.15, 0.2) is 23.7 Å². The number of carbonyl (C=O) groups excluding carboxylic acids is 2. The van der Waals surface area contributed by atoms with Gasteiger partial charge in [-0.2, -0.15) is 0 Å². The van der Waals surface area contributed by atoms with E-state index in [-0.39, 0.29) is 34.6 Å². The second kappa shape index (κ2) is 8.77. The maximum atomic E-state index is 13.8. The van der Waals surface area contributed by atoms with Crippen LogP contribution >= 0.6 is 0 Å². The summed E-state index contributed by atoms with van der Waals surface area (Å²) in [4.78, 5) is 37.9. The van der Waals surface area contributed by atoms with Gasteiger partial charge in [-0.25, -0.2) is 0 Å². The van der Waals surface area contributed by atoms with E-state index in [4.69, 9.17) is 28.4 Å². The van der Waals surface area contributed by atoms with Gasteiger partial charge < -0.3 is 33.0 Å². The van der Waals surface area contributed by atoms with E-state index in [1.165, 1.54) is 42.3 Å². The maximum absolute atomic E-state index is 13.8. The van der Waals surface area contributed by atoms with Crippen molar-refractivity contribution in [1.29, 1.82) is 0 Å². The largest absolute Gasteiger partial charge is 0.495 e. The van der Waals surface area contributed by atoms with Gasteiger partial charge in [0.1, 0.15) is 5.75 Å². The molecule has 180 valence electrons. The monoisotopic (exact) mass is 471 g/mol. The van der Waals surface area contributed by atoms with Crippen LogP contribution in [0.3, 0.4) is 0 Å². The summed E-state index contributed by atoms with van der Waals surface area (Å²) in [6, 6.07) is 5.12. The zero-order chi connectivity index (χ0) is 24.7. The molecule has 0 fully saturated rings. The zero-order valence-electron chi connectivity index (χ0n) is 19.7. The average Bonchev–Trinajstić information content (AvgIpc) is 2.81. The molecule has 2 unspecified atom stereocenters. The van der Waals surface area contributed by atoms with E-state index in [0.717, 1.165) is 0 Å². The Kier molecular flexibility index (Phi) is 5.99. The molecule has 0 amide bonds. The Bertz CT molecular complexity index is 1380. The molecule has 0 bridgehead atoms. The predicted molar refractivity (Wildman–Crippen MR) is 122 cm³/mol. The predicted octanol–water partition coefficient (Wildman–Crippen LogP) is 2.74. The SMILES string of the molecule is COc1c(OC)c2c3c(c1OC)c(=O)c1cccc(OC)c1n3CC(OC(C)=O)C2OC(C)=O. The highest BCUT2D eigenvalue weighted by atomic mass is 16.6. The lowest BCUT2D eigenvalue weighted by molar-refractivity contribution is -0.167. The van der Waals surface area contributed by atoms with Gasteiger partial charge >= 0.3 is 11.9 Å². The molecule has 10 heteroatoms. The minimum atomic E-state index is -1.06. The van der Waals surface area contributed by atoms with E-state index in [9.17, 15) is 14.4 Å². The molecule has 0 saturated carbocycles. The summed E-state index contributed by atoms with van der Waals surface area (Å²) in [7, 11) is 5.76. The molecular weight excluding hydrogens is 446 g/mol. The van der Waals surface area contributed by atoms with E-state index in [1.807, 2.05) is 0 Å². The van der Waals surface area contributed by atoms with Crippen molar-refractivity contribution < 1.29 is 38.0 Å². The summed E-state index contributed by atoms with van der Waals surface area (Å²) in [6.45, 7) is 2.60. The van der Waals surface area contributed by atoms with Crippen LogP contribution in [0.1, 0.15) is 25.5 Å². The van der Waals surface area contributed by atoms with Crippen LogP contribution in [0.4, 0.5) is 0 Å². The van der Waals surface area contributed by atoms with E-state index in [0.29, 0.717) is 27.7 Å². The molecular formula is C24H25NO9. The molecule has 10 nitrogen and oxygen atoms in total. The lowest BCUT2D eigenvalue weighted by atomic mass is 9.92. The Hall–Kier alpha value is -3.95. The van der Waals surface area contributed by atoms with Crippen LogP contribution in [0.2, 0.25) is 0 Å². The number of para-hydroxylation sites is 1. The Morgan fingerprint density at radius 1 is 0.853 bits per heavy atom. The number of aromatic nitrogens is 1. The molecule has 0 spiro atoms. The van der Waals surface area contributed by atoms with Gasteiger partial charge in [0.05, 0.1) is 62.4 Å². The molecule has 3 aromatic rings. The fraction of sp³-hybridized carbons (Fsp3) is 0.375. The van der Waals surface area contributed by atoms with Crippen molar-refractivity contribution in [3.8, 4) is 23.0 Å². The molecule has 1 aliphatic rings. The smallest absolute Gasteiger partial charge is 0.303 e. The number of fused-ring (bicyclic) bond motifs is 2. The van der Waals surface area contributed by atoms with Crippen molar-refractivity contribution in [3.63, 3.8) is 0 Å². The molecule has 2 atom stereocenters. The lowest BCUT2D eigenvalue weighted by Gasteiger charge is -2.36. The fourth-order valence-electron chi connectivity index (χ4n) is 4.69. The van der Waals surface area contributed by atoms with E-state index >= 15 is 0 Å². The second-order valence-corrected chi connectivity index (χ2v) is 7.71. The number of pyridine rings is 1. The highest BCUT2D eigenvalue weighted by molar-refractivity contribution is 6.03. The zero-order valence-corrected chi connectivity index (χ0v) is 19.7. The van der Waals surface area contributed by atoms with Crippen LogP contribution in [0.25, 0.3) is 21.8 Å². The van der Waals surface area contributed by atoms with Gasteiger partial charge in [-0.3, -0.25) is 14.4 Å². The summed E-state index contributed by atoms with van der Waals surface area (Å²) in [5.74, 6) is -0.186. The van der Waals surface area contributed by atoms with Crippen molar-refractivity contribution in [2.75, 3.05) is 28.4 Å². The maximum Gasteiger partial charge on any atom is 0.303 e. The van der Waals surface area contributed by atoms with Gasteiger partial charge in [-0.15, -0.1) is 0 Å². The van der Waals surface area contributed by atoms with Gasteiger partial charge in [-0.05, 0) is 12.1 Å². The summed E-state index contributed by atoms with van der Waals surface area (Å²) >= 11 is 0. The van der Waals surface area contributed by atoms with Gasteiger partial charge in [0.25, 0.3) is 0 Å². The summed E-state index contributed by atoms with van der Waals surface area (Å²) in [6.07, 6.45) is -1.98. The van der Waals surface area contributed by atoms with Crippen molar-refractivity contribution in [3.05, 3.63) is 34.0 Å². The Morgan fingerprint density at radius 2 is 1.50 bits per heavy atom. The van der Waals surface area contributed by atoms with Crippen LogP contribution in [0.5, 0.6) is 23.0 Å². The third-order valence-corrected chi connectivity index (χ3v) is 5.81. The number of nitrogens with zero attached hydrogens (tertiary/aromatic N) is 1. The number of carbonyl (C=O) groups is 2. The quantitative estimate of drug-likeness (QED) is 0.396. The minimum absolute atomic E-state index is 0.0802. The highest BCUT2D eigenvalue weighted by Gasteiger charge is 2.42. The minimum Gasteiger partial charge on any atom is -0.495 e. The molecule has 0 saturated heterocycles. The first kappa shape index (κ1) is 23.2. The first-order valence-corrected chi connectivity index (χ1v) is 10.5. The normalized spacial score (nSPS) is 16.8. The first-order chi connectivity index (χ1) is 16.3. The van der Waals surface area contributed by atoms with Gasteiger partial charge in [-0.1, -0.05) is 6.07 Å². The summed E-state index contributed by atoms with van der Waals surface area (Å²) in [5.41, 5.74) is 0.905. The van der Waals surface area contributed by atoms with Gasteiger partial charge in [0.2, 0.25) is 11.2 Å². The number of hydrogen-bond donors (Lipinski definition) is 0. The third kappa shape index (κ3) is 3.37. The molecule has 0 aliphatic carbocycles. The Balaban J connectivity index is 2.31. The molecule has 0 N–H and O–H groups in total. The lowest BCUT2D eigenvalue weighted by Crippen LogP contribution is -2.37. The summed E-state index contributed by atoms with van der Waals surface area (Å²) in [5, 5.41) is 0.588. The van der Waals surface area contributed by atoms with Crippen LogP contribution < -0.4 is 24.4 Å². The van der Waals surface area contributed by atoms with Crippen LogP contribution in [-0.2, 0) is 25.6 Å². The highest BCUT2D eigenvalue weighted by Crippen LogP contribution is 2.52. The molecule has 1 aromatic heterocycles. The average molecular weight is 471 g/mol.